The molecule has 1 atom stereocenters. The van der Waals surface area contributed by atoms with Crippen LogP contribution in [0, 0.1) is 0 Å². The number of unbranched alkanes of at least 4 members (excludes halogenated alkanes) is 2. The van der Waals surface area contributed by atoms with Gasteiger partial charge in [-0.05, 0) is 76.7 Å². The number of aryl methyl sites for hydroxylation is 1. The number of carbonyl (C=O) groups excluding carboxylic acids is 1. The van der Waals surface area contributed by atoms with E-state index in [9.17, 15) is 17.8 Å². The summed E-state index contributed by atoms with van der Waals surface area (Å²) < 4.78 is 51.7. The zero-order valence-corrected chi connectivity index (χ0v) is 41.1. The van der Waals surface area contributed by atoms with E-state index in [0.717, 1.165) is 88.1 Å². The number of amides is 1. The first-order chi connectivity index (χ1) is 33.0. The van der Waals surface area contributed by atoms with E-state index >= 15 is 0 Å². The van der Waals surface area contributed by atoms with Gasteiger partial charge in [-0.25, -0.2) is 0 Å². The van der Waals surface area contributed by atoms with Gasteiger partial charge in [0.05, 0.1) is 49.9 Å². The highest BCUT2D eigenvalue weighted by atomic mass is 35.5. The third kappa shape index (κ3) is 11.1. The molecule has 0 fully saturated rings. The molecule has 10 nitrogen and oxygen atoms in total. The molecule has 0 bridgehead atoms. The Kier molecular flexibility index (Phi) is 16.2. The van der Waals surface area contributed by atoms with E-state index in [-0.39, 0.29) is 29.5 Å². The van der Waals surface area contributed by atoms with Crippen molar-refractivity contribution in [1.82, 2.24) is 9.88 Å². The molecule has 12 heteroatoms. The van der Waals surface area contributed by atoms with Crippen molar-refractivity contribution >= 4 is 83.0 Å². The van der Waals surface area contributed by atoms with E-state index in [1.165, 1.54) is 22.0 Å². The van der Waals surface area contributed by atoms with Crippen molar-refractivity contribution in [3.8, 4) is 0 Å². The highest BCUT2D eigenvalue weighted by molar-refractivity contribution is 7.85. The fourth-order valence-electron chi connectivity index (χ4n) is 10.1. The van der Waals surface area contributed by atoms with Gasteiger partial charge in [0.1, 0.15) is 0 Å². The number of carbonyl (C=O) groups is 1. The molecular formula is C56H64ClN3O7S. The summed E-state index contributed by atoms with van der Waals surface area (Å²) in [6.45, 7) is 11.8. The minimum absolute atomic E-state index is 0.0273. The van der Waals surface area contributed by atoms with Crippen LogP contribution in [0.3, 0.4) is 0 Å². The Hall–Kier alpha value is -5.27. The molecule has 6 aromatic rings. The zero-order valence-electron chi connectivity index (χ0n) is 39.5. The molecule has 358 valence electrons. The Labute approximate surface area is 406 Å². The largest absolute Gasteiger partial charge is 0.379 e. The van der Waals surface area contributed by atoms with Gasteiger partial charge < -0.3 is 29.0 Å². The number of allylic oxidation sites excluding steroid dienone is 5. The van der Waals surface area contributed by atoms with Crippen molar-refractivity contribution in [2.45, 2.75) is 77.3 Å². The van der Waals surface area contributed by atoms with Crippen molar-refractivity contribution < 1.29 is 32.0 Å². The second-order valence-electron chi connectivity index (χ2n) is 18.3. The van der Waals surface area contributed by atoms with Gasteiger partial charge in [-0.15, -0.1) is 0 Å². The van der Waals surface area contributed by atoms with E-state index in [1.807, 2.05) is 18.2 Å². The first-order valence-corrected chi connectivity index (χ1v) is 26.1. The molecule has 1 amide bonds. The van der Waals surface area contributed by atoms with E-state index in [1.54, 1.807) is 0 Å². The van der Waals surface area contributed by atoms with Gasteiger partial charge in [0.25, 0.3) is 10.1 Å². The predicted octanol–water partition coefficient (Wildman–Crippen LogP) is 10.6. The molecule has 2 N–H and O–H groups in total. The summed E-state index contributed by atoms with van der Waals surface area (Å²) in [5.41, 5.74) is 7.33. The van der Waals surface area contributed by atoms with Crippen molar-refractivity contribution in [2.24, 2.45) is 0 Å². The van der Waals surface area contributed by atoms with Gasteiger partial charge in [-0.1, -0.05) is 142 Å². The normalized spacial score (nSPS) is 16.7. The van der Waals surface area contributed by atoms with Crippen LogP contribution in [0.1, 0.15) is 76.0 Å². The van der Waals surface area contributed by atoms with Gasteiger partial charge in [0, 0.05) is 76.5 Å². The molecule has 1 aliphatic heterocycles. The second-order valence-corrected chi connectivity index (χ2v) is 20.2. The summed E-state index contributed by atoms with van der Waals surface area (Å²) in [6, 6.07) is 33.9. The summed E-state index contributed by atoms with van der Waals surface area (Å²) >= 11 is 7.48. The molecule has 0 radical (unpaired) electrons. The minimum Gasteiger partial charge on any atom is -0.379 e. The average Bonchev–Trinajstić information content (AvgIpc) is 3.86. The fourth-order valence-corrected chi connectivity index (χ4v) is 10.9. The summed E-state index contributed by atoms with van der Waals surface area (Å²) in [6.07, 6.45) is 13.1. The van der Waals surface area contributed by atoms with E-state index in [2.05, 4.69) is 139 Å². The maximum atomic E-state index is 12.7. The monoisotopic (exact) mass is 957 g/mol. The third-order valence-corrected chi connectivity index (χ3v) is 14.5. The Morgan fingerprint density at radius 3 is 2.24 bits per heavy atom. The summed E-state index contributed by atoms with van der Waals surface area (Å²) in [5.74, 6) is -0.273. The van der Waals surface area contributed by atoms with Crippen LogP contribution >= 0.6 is 11.6 Å². The van der Waals surface area contributed by atoms with Crippen LogP contribution < -0.4 is 15.6 Å². The van der Waals surface area contributed by atoms with Crippen LogP contribution in [0.4, 0.5) is 5.69 Å². The molecule has 68 heavy (non-hydrogen) atoms. The number of rotatable bonds is 24. The maximum Gasteiger partial charge on any atom is 0.264 e. The topological polar surface area (TPSA) is 119 Å². The van der Waals surface area contributed by atoms with Crippen molar-refractivity contribution in [3.05, 3.63) is 142 Å². The van der Waals surface area contributed by atoms with E-state index in [0.29, 0.717) is 57.6 Å². The van der Waals surface area contributed by atoms with Crippen molar-refractivity contribution in [3.63, 3.8) is 0 Å². The quantitative estimate of drug-likeness (QED) is 0.0455. The fraction of sp³-hybridized carbons (Fsp3) is 0.375. The van der Waals surface area contributed by atoms with Crippen LogP contribution in [0.25, 0.3) is 49.7 Å². The number of halogens is 1. The molecule has 1 unspecified atom stereocenters. The Balaban J connectivity index is 0.996. The maximum absolute atomic E-state index is 12.7. The van der Waals surface area contributed by atoms with Gasteiger partial charge in [0.2, 0.25) is 5.91 Å². The number of hydrogen-bond donors (Lipinski definition) is 2. The van der Waals surface area contributed by atoms with Crippen LogP contribution in [-0.4, -0.2) is 88.0 Å². The first kappa shape index (κ1) is 49.2. The summed E-state index contributed by atoms with van der Waals surface area (Å²) in [5, 5.41) is 10.4. The lowest BCUT2D eigenvalue weighted by atomic mass is 9.78. The smallest absolute Gasteiger partial charge is 0.264 e. The molecule has 0 saturated carbocycles. The molecule has 1 aliphatic carbocycles. The van der Waals surface area contributed by atoms with Crippen LogP contribution in [0.5, 0.6) is 0 Å². The number of hydrogen-bond acceptors (Lipinski definition) is 7. The number of ether oxygens (including phenoxy) is 3. The van der Waals surface area contributed by atoms with Crippen molar-refractivity contribution in [2.75, 3.05) is 63.4 Å². The second kappa shape index (κ2) is 22.4. The van der Waals surface area contributed by atoms with Gasteiger partial charge in [0.15, 0.2) is 0 Å². The highest BCUT2D eigenvalue weighted by Crippen LogP contribution is 2.50. The predicted molar refractivity (Wildman–Crippen MR) is 279 cm³/mol. The lowest BCUT2D eigenvalue weighted by Crippen LogP contribution is -2.40. The molecule has 1 aromatic heterocycles. The molecule has 0 saturated heterocycles. The van der Waals surface area contributed by atoms with Crippen LogP contribution in [-0.2, 0) is 41.1 Å². The first-order valence-electron chi connectivity index (χ1n) is 24.1. The van der Waals surface area contributed by atoms with Gasteiger partial charge in [-0.2, -0.15) is 8.42 Å². The van der Waals surface area contributed by atoms with Gasteiger partial charge >= 0.3 is 0 Å². The zero-order chi connectivity index (χ0) is 47.7. The lowest BCUT2D eigenvalue weighted by Gasteiger charge is -2.32. The third-order valence-electron chi connectivity index (χ3n) is 13.3. The number of fused-ring (bicyclic) bond motifs is 4. The van der Waals surface area contributed by atoms with Crippen molar-refractivity contribution in [1.29, 1.82) is 0 Å². The number of nitrogens with one attached hydrogen (secondary N) is 1. The minimum atomic E-state index is -4.10. The standard InChI is InChI=1S/C56H64ClN3O7S/c1-4-33-65-35-37-67-38-36-66-34-30-58-52(61)23-6-5-11-31-60-50-27-24-40-15-7-8-18-42(40)54(50)56(2,3)51(60)29-26-46-44-20-10-9-19-43(44)45(55(46)57)25-28-48-47-21-12-16-41-17-13-22-49(53(41)47)59(48)32-14-39-68(62,63)64/h7-10,12-13,15-22,24-29,51H,4-6,11,14,23,30-39H2,1-3H3,(H,58,61)(H,62,63,64)/b29-26+,45-25+,48-28+. The van der Waals surface area contributed by atoms with Crippen LogP contribution in [0.15, 0.2) is 120 Å². The number of anilines is 1. The lowest BCUT2D eigenvalue weighted by molar-refractivity contribution is -0.121. The summed E-state index contributed by atoms with van der Waals surface area (Å²) in [4.78, 5) is 15.2. The number of aromatic nitrogens is 1. The highest BCUT2D eigenvalue weighted by Gasteiger charge is 2.44. The molecule has 2 aliphatic rings. The molecule has 2 heterocycles. The molecule has 8 rings (SSSR count). The Bertz CT molecular complexity index is 3000. The summed E-state index contributed by atoms with van der Waals surface area (Å²) in [7, 11) is -4.10. The SMILES string of the molecule is CCCOCCOCCOCCNC(=O)CCCCCN1c2ccc3ccccc3c2C(C)(C)C1/C=C/C1=C(Cl)C(=C/C=c2\c3cccc4cccc(c43)n2CCCS(=O)(=O)O)/c2ccccc21. The average molecular weight is 959 g/mol. The molecule has 0 spiro atoms. The number of benzene rings is 5. The van der Waals surface area contributed by atoms with Gasteiger partial charge in [-0.3, -0.25) is 9.35 Å². The van der Waals surface area contributed by atoms with Crippen LogP contribution in [0.2, 0.25) is 0 Å². The van der Waals surface area contributed by atoms with E-state index < -0.39 is 10.1 Å². The Morgan fingerprint density at radius 2 is 1.46 bits per heavy atom. The Morgan fingerprint density at radius 1 is 0.765 bits per heavy atom. The molecule has 5 aromatic carbocycles. The number of nitrogens with zero attached hydrogens (tertiary/aromatic N) is 2. The van der Waals surface area contributed by atoms with E-state index in [4.69, 9.17) is 25.8 Å². The molecular weight excluding hydrogens is 894 g/mol.